The van der Waals surface area contributed by atoms with Crippen LogP contribution in [0.3, 0.4) is 0 Å². The van der Waals surface area contributed by atoms with Crippen molar-refractivity contribution < 1.29 is 19.7 Å². The predicted molar refractivity (Wildman–Crippen MR) is 73.9 cm³/mol. The van der Waals surface area contributed by atoms with Gasteiger partial charge in [0.1, 0.15) is 0 Å². The van der Waals surface area contributed by atoms with E-state index in [9.17, 15) is 0 Å². The smallest absolute Gasteiger partial charge is 0.0813 e. The Morgan fingerprint density at radius 1 is 1.00 bits per heavy atom. The summed E-state index contributed by atoms with van der Waals surface area (Å²) >= 11 is 0. The van der Waals surface area contributed by atoms with Crippen LogP contribution in [0.1, 0.15) is 24.8 Å². The Balaban J connectivity index is 2.30. The number of unbranched alkanes of at least 4 members (excludes halogenated alkanes) is 1. The molecular formula is C15H24O4. The highest BCUT2D eigenvalue weighted by Crippen LogP contribution is 2.09. The zero-order valence-electron chi connectivity index (χ0n) is 11.3. The first-order valence-corrected chi connectivity index (χ1v) is 6.81. The van der Waals surface area contributed by atoms with Gasteiger partial charge in [-0.3, -0.25) is 0 Å². The summed E-state index contributed by atoms with van der Waals surface area (Å²) in [6.45, 7) is 1.63. The number of benzene rings is 1. The van der Waals surface area contributed by atoms with Gasteiger partial charge in [0.2, 0.25) is 0 Å². The van der Waals surface area contributed by atoms with Crippen LogP contribution in [0.15, 0.2) is 30.3 Å². The van der Waals surface area contributed by atoms with Crippen molar-refractivity contribution in [3.05, 3.63) is 35.9 Å². The minimum absolute atomic E-state index is 0.0123. The molecule has 0 aliphatic rings. The zero-order chi connectivity index (χ0) is 13.8. The fraction of sp³-hybridized carbons (Fsp3) is 0.600. The van der Waals surface area contributed by atoms with Crippen molar-refractivity contribution in [1.82, 2.24) is 0 Å². The van der Waals surface area contributed by atoms with E-state index in [1.807, 2.05) is 30.3 Å². The molecule has 0 aliphatic carbocycles. The molecule has 0 aromatic heterocycles. The van der Waals surface area contributed by atoms with E-state index in [2.05, 4.69) is 0 Å². The lowest BCUT2D eigenvalue weighted by Crippen LogP contribution is -2.21. The average molecular weight is 268 g/mol. The van der Waals surface area contributed by atoms with Gasteiger partial charge in [0.15, 0.2) is 0 Å². The Kier molecular flexibility index (Phi) is 9.27. The normalized spacial score (nSPS) is 12.5. The van der Waals surface area contributed by atoms with Crippen LogP contribution in [-0.4, -0.2) is 42.7 Å². The molecule has 4 nitrogen and oxygen atoms in total. The van der Waals surface area contributed by atoms with Gasteiger partial charge in [-0.15, -0.1) is 0 Å². The summed E-state index contributed by atoms with van der Waals surface area (Å²) in [4.78, 5) is 0. The maximum absolute atomic E-state index is 8.80. The number of hydrogen-bond donors (Lipinski definition) is 2. The highest BCUT2D eigenvalue weighted by Gasteiger charge is 2.09. The molecule has 0 spiro atoms. The molecule has 0 aliphatic heterocycles. The molecule has 1 rings (SSSR count). The van der Waals surface area contributed by atoms with Crippen molar-refractivity contribution in [1.29, 1.82) is 0 Å². The summed E-state index contributed by atoms with van der Waals surface area (Å²) in [5.41, 5.74) is 1.14. The van der Waals surface area contributed by atoms with Gasteiger partial charge >= 0.3 is 0 Å². The zero-order valence-corrected chi connectivity index (χ0v) is 11.3. The third kappa shape index (κ3) is 7.95. The monoisotopic (exact) mass is 268 g/mol. The van der Waals surface area contributed by atoms with Crippen LogP contribution in [0, 0.1) is 0 Å². The average Bonchev–Trinajstić information content (AvgIpc) is 2.45. The van der Waals surface area contributed by atoms with Crippen LogP contribution in [0.5, 0.6) is 0 Å². The van der Waals surface area contributed by atoms with Crippen LogP contribution in [-0.2, 0) is 16.1 Å². The summed E-state index contributed by atoms with van der Waals surface area (Å²) in [7, 11) is 0. The molecule has 0 heterocycles. The van der Waals surface area contributed by atoms with E-state index in [0.717, 1.165) is 24.8 Å². The standard InChI is InChI=1S/C15H24O4/c16-9-5-4-8-15(13-18-11-10-17)19-12-14-6-2-1-3-7-14/h1-3,6-7,15-17H,4-5,8-13H2. The van der Waals surface area contributed by atoms with E-state index < -0.39 is 0 Å². The first kappa shape index (κ1) is 16.1. The van der Waals surface area contributed by atoms with Crippen LogP contribution in [0.2, 0.25) is 0 Å². The molecule has 0 radical (unpaired) electrons. The minimum Gasteiger partial charge on any atom is -0.396 e. The molecule has 0 fully saturated rings. The van der Waals surface area contributed by atoms with Crippen molar-refractivity contribution >= 4 is 0 Å². The minimum atomic E-state index is 0.0123. The molecule has 108 valence electrons. The molecule has 1 atom stereocenters. The molecular weight excluding hydrogens is 244 g/mol. The number of ether oxygens (including phenoxy) is 2. The lowest BCUT2D eigenvalue weighted by molar-refractivity contribution is -0.0358. The SMILES string of the molecule is OCCCCC(COCCO)OCc1ccccc1. The fourth-order valence-electron chi connectivity index (χ4n) is 1.77. The Labute approximate surface area is 115 Å². The molecule has 0 saturated heterocycles. The van der Waals surface area contributed by atoms with Gasteiger partial charge in [0, 0.05) is 6.61 Å². The number of rotatable bonds is 11. The summed E-state index contributed by atoms with van der Waals surface area (Å²) in [5.74, 6) is 0. The maximum atomic E-state index is 8.80. The molecule has 0 saturated carbocycles. The molecule has 4 heteroatoms. The van der Waals surface area contributed by atoms with E-state index in [1.54, 1.807) is 0 Å². The summed E-state index contributed by atoms with van der Waals surface area (Å²) < 4.78 is 11.2. The second-order valence-corrected chi connectivity index (χ2v) is 4.44. The van der Waals surface area contributed by atoms with E-state index in [4.69, 9.17) is 19.7 Å². The van der Waals surface area contributed by atoms with Crippen LogP contribution >= 0.6 is 0 Å². The molecule has 1 aromatic carbocycles. The van der Waals surface area contributed by atoms with E-state index in [1.165, 1.54) is 0 Å². The topological polar surface area (TPSA) is 58.9 Å². The Morgan fingerprint density at radius 3 is 2.47 bits per heavy atom. The fourth-order valence-corrected chi connectivity index (χ4v) is 1.77. The summed E-state index contributed by atoms with van der Waals surface area (Å²) in [6, 6.07) is 10.0. The summed E-state index contributed by atoms with van der Waals surface area (Å²) in [5, 5.41) is 17.5. The van der Waals surface area contributed by atoms with Gasteiger partial charge < -0.3 is 19.7 Å². The number of hydrogen-bond acceptors (Lipinski definition) is 4. The molecule has 1 unspecified atom stereocenters. The molecule has 0 amide bonds. The van der Waals surface area contributed by atoms with E-state index in [0.29, 0.717) is 19.8 Å². The summed E-state index contributed by atoms with van der Waals surface area (Å²) in [6.07, 6.45) is 2.57. The predicted octanol–water partition coefficient (Wildman–Crippen LogP) is 1.74. The quantitative estimate of drug-likeness (QED) is 0.600. The highest BCUT2D eigenvalue weighted by molar-refractivity contribution is 5.13. The molecule has 2 N–H and O–H groups in total. The largest absolute Gasteiger partial charge is 0.396 e. The van der Waals surface area contributed by atoms with Gasteiger partial charge in [-0.05, 0) is 24.8 Å². The van der Waals surface area contributed by atoms with Crippen molar-refractivity contribution in [2.75, 3.05) is 26.4 Å². The lowest BCUT2D eigenvalue weighted by Gasteiger charge is -2.18. The molecule has 1 aromatic rings. The highest BCUT2D eigenvalue weighted by atomic mass is 16.5. The van der Waals surface area contributed by atoms with Crippen LogP contribution < -0.4 is 0 Å². The number of aliphatic hydroxyl groups excluding tert-OH is 2. The van der Waals surface area contributed by atoms with Crippen molar-refractivity contribution in [3.63, 3.8) is 0 Å². The van der Waals surface area contributed by atoms with Crippen LogP contribution in [0.4, 0.5) is 0 Å². The molecule has 19 heavy (non-hydrogen) atoms. The van der Waals surface area contributed by atoms with Gasteiger partial charge in [0.05, 0.1) is 32.5 Å². The van der Waals surface area contributed by atoms with Gasteiger partial charge in [-0.2, -0.15) is 0 Å². The second-order valence-electron chi connectivity index (χ2n) is 4.44. The van der Waals surface area contributed by atoms with Crippen LogP contribution in [0.25, 0.3) is 0 Å². The van der Waals surface area contributed by atoms with E-state index in [-0.39, 0.29) is 19.3 Å². The Morgan fingerprint density at radius 2 is 1.79 bits per heavy atom. The van der Waals surface area contributed by atoms with Gasteiger partial charge in [0.25, 0.3) is 0 Å². The lowest BCUT2D eigenvalue weighted by atomic mass is 10.1. The Bertz CT molecular complexity index is 292. The third-order valence-corrected chi connectivity index (χ3v) is 2.80. The van der Waals surface area contributed by atoms with Crippen molar-refractivity contribution in [2.24, 2.45) is 0 Å². The van der Waals surface area contributed by atoms with Gasteiger partial charge in [-0.25, -0.2) is 0 Å². The van der Waals surface area contributed by atoms with Gasteiger partial charge in [-0.1, -0.05) is 30.3 Å². The third-order valence-electron chi connectivity index (χ3n) is 2.80. The maximum Gasteiger partial charge on any atom is 0.0813 e. The molecule has 0 bridgehead atoms. The van der Waals surface area contributed by atoms with Crippen molar-refractivity contribution in [3.8, 4) is 0 Å². The number of aliphatic hydroxyl groups is 2. The second kappa shape index (κ2) is 10.9. The Hall–Kier alpha value is -0.940. The first-order chi connectivity index (χ1) is 9.36. The van der Waals surface area contributed by atoms with Crippen molar-refractivity contribution in [2.45, 2.75) is 32.0 Å². The first-order valence-electron chi connectivity index (χ1n) is 6.81. The van der Waals surface area contributed by atoms with E-state index >= 15 is 0 Å².